The lowest BCUT2D eigenvalue weighted by atomic mass is 9.95. The van der Waals surface area contributed by atoms with E-state index in [0.717, 1.165) is 23.0 Å². The number of nitriles is 1. The van der Waals surface area contributed by atoms with Crippen LogP contribution in [0.5, 0.6) is 0 Å². The molecule has 1 fully saturated rings. The van der Waals surface area contributed by atoms with Gasteiger partial charge in [0.15, 0.2) is 0 Å². The van der Waals surface area contributed by atoms with Crippen LogP contribution in [0.2, 0.25) is 5.02 Å². The molecule has 0 bridgehead atoms. The van der Waals surface area contributed by atoms with Crippen LogP contribution < -0.4 is 5.32 Å². The van der Waals surface area contributed by atoms with Gasteiger partial charge >= 0.3 is 0 Å². The number of rotatable bonds is 4. The van der Waals surface area contributed by atoms with Gasteiger partial charge in [-0.3, -0.25) is 14.8 Å². The molecular formula is C22H16ClFN4O. The van der Waals surface area contributed by atoms with Crippen LogP contribution in [0, 0.1) is 24.1 Å². The zero-order valence-electron chi connectivity index (χ0n) is 15.5. The van der Waals surface area contributed by atoms with Gasteiger partial charge < -0.3 is 5.32 Å². The highest BCUT2D eigenvalue weighted by atomic mass is 35.5. The normalized spacial score (nSPS) is 20.0. The summed E-state index contributed by atoms with van der Waals surface area (Å²) in [4.78, 5) is 21.7. The molecule has 1 unspecified atom stereocenters. The molecule has 0 aliphatic heterocycles. The van der Waals surface area contributed by atoms with E-state index in [0.29, 0.717) is 11.4 Å². The number of nitrogens with one attached hydrogen (secondary N) is 1. The fourth-order valence-electron chi connectivity index (χ4n) is 3.49. The monoisotopic (exact) mass is 406 g/mol. The van der Waals surface area contributed by atoms with E-state index in [1.54, 1.807) is 24.5 Å². The fourth-order valence-corrected chi connectivity index (χ4v) is 3.61. The van der Waals surface area contributed by atoms with E-state index in [4.69, 9.17) is 16.9 Å². The van der Waals surface area contributed by atoms with Crippen molar-refractivity contribution in [3.8, 4) is 6.07 Å². The van der Waals surface area contributed by atoms with E-state index in [1.165, 1.54) is 12.1 Å². The van der Waals surface area contributed by atoms with Crippen molar-refractivity contribution in [1.29, 1.82) is 5.26 Å². The van der Waals surface area contributed by atoms with Gasteiger partial charge in [-0.05, 0) is 55.3 Å². The third kappa shape index (κ3) is 3.45. The Kier molecular flexibility index (Phi) is 4.77. The largest absolute Gasteiger partial charge is 0.348 e. The Balaban J connectivity index is 1.64. The van der Waals surface area contributed by atoms with Gasteiger partial charge in [0.1, 0.15) is 11.9 Å². The molecule has 2 atom stereocenters. The van der Waals surface area contributed by atoms with Crippen molar-refractivity contribution < 1.29 is 9.18 Å². The summed E-state index contributed by atoms with van der Waals surface area (Å²) in [6.07, 6.45) is 3.96. The minimum absolute atomic E-state index is 0.100. The average Bonchev–Trinajstić information content (AvgIpc) is 3.43. The van der Waals surface area contributed by atoms with Crippen molar-refractivity contribution in [2.45, 2.75) is 24.8 Å². The summed E-state index contributed by atoms with van der Waals surface area (Å²) in [6.45, 7) is 1.95. The number of carbonyl (C=O) groups excluding carboxylic acids is 1. The number of halogens is 2. The Bertz CT molecular complexity index is 1080. The topological polar surface area (TPSA) is 78.7 Å². The van der Waals surface area contributed by atoms with Gasteiger partial charge in [-0.15, -0.1) is 0 Å². The molecule has 29 heavy (non-hydrogen) atoms. The highest BCUT2D eigenvalue weighted by Crippen LogP contribution is 2.52. The molecule has 0 radical (unpaired) electrons. The summed E-state index contributed by atoms with van der Waals surface area (Å²) in [5.74, 6) is -1.14. The number of amides is 1. The first-order valence-corrected chi connectivity index (χ1v) is 9.37. The maximum absolute atomic E-state index is 13.9. The number of hydrogen-bond donors (Lipinski definition) is 1. The first-order valence-electron chi connectivity index (χ1n) is 9.00. The molecule has 1 aliphatic carbocycles. The first-order chi connectivity index (χ1) is 13.9. The zero-order chi connectivity index (χ0) is 20.6. The van der Waals surface area contributed by atoms with Crippen molar-refractivity contribution in [2.75, 3.05) is 0 Å². The molecular weight excluding hydrogens is 391 g/mol. The minimum atomic E-state index is -0.721. The molecule has 0 spiro atoms. The lowest BCUT2D eigenvalue weighted by Crippen LogP contribution is -2.32. The third-order valence-corrected chi connectivity index (χ3v) is 5.39. The summed E-state index contributed by atoms with van der Waals surface area (Å²) in [7, 11) is 0. The molecule has 0 saturated heterocycles. The smallest absolute Gasteiger partial charge is 0.251 e. The number of aryl methyl sites for hydroxylation is 1. The Hall–Kier alpha value is -3.30. The summed E-state index contributed by atoms with van der Waals surface area (Å²) in [5.41, 5.74) is 2.07. The van der Waals surface area contributed by atoms with E-state index in [-0.39, 0.29) is 17.2 Å². The molecule has 1 N–H and O–H groups in total. The number of carbonyl (C=O) groups is 1. The lowest BCUT2D eigenvalue weighted by molar-refractivity contribution is 0.0948. The van der Waals surface area contributed by atoms with E-state index in [9.17, 15) is 9.18 Å². The quantitative estimate of drug-likeness (QED) is 0.711. The maximum Gasteiger partial charge on any atom is 0.251 e. The van der Waals surface area contributed by atoms with Crippen LogP contribution in [-0.4, -0.2) is 21.9 Å². The van der Waals surface area contributed by atoms with Crippen molar-refractivity contribution in [2.24, 2.45) is 0 Å². The number of pyridine rings is 2. The summed E-state index contributed by atoms with van der Waals surface area (Å²) < 4.78 is 13.9. The Labute approximate surface area is 172 Å². The molecule has 3 aromatic rings. The Morgan fingerprint density at radius 2 is 1.93 bits per heavy atom. The SMILES string of the molecule is Cc1ccc([C@@]2(c3ccc(Cl)cn3)CC2NC(=O)c2ccc(C#N)c(F)c2)nc1. The predicted molar refractivity (Wildman–Crippen MR) is 106 cm³/mol. The van der Waals surface area contributed by atoms with Crippen molar-refractivity contribution in [3.63, 3.8) is 0 Å². The fraction of sp³-hybridized carbons (Fsp3) is 0.182. The predicted octanol–water partition coefficient (Wildman–Crippen LogP) is 3.94. The summed E-state index contributed by atoms with van der Waals surface area (Å²) in [5, 5.41) is 12.3. The third-order valence-electron chi connectivity index (χ3n) is 5.17. The highest BCUT2D eigenvalue weighted by molar-refractivity contribution is 6.30. The van der Waals surface area contributed by atoms with Crippen LogP contribution in [0.25, 0.3) is 0 Å². The standard InChI is InChI=1S/C22H16ClFN4O/c1-13-2-6-18(26-11-13)22(19-7-5-16(23)12-27-19)9-20(22)28-21(29)14-3-4-15(10-25)17(24)8-14/h2-8,11-12,20H,9H2,1H3,(H,28,29)/t20?,22-/m1/s1. The Morgan fingerprint density at radius 3 is 2.52 bits per heavy atom. The molecule has 2 aromatic heterocycles. The van der Waals surface area contributed by atoms with Crippen LogP contribution in [0.15, 0.2) is 54.9 Å². The van der Waals surface area contributed by atoms with E-state index in [2.05, 4.69) is 15.3 Å². The molecule has 2 heterocycles. The van der Waals surface area contributed by atoms with E-state index >= 15 is 0 Å². The second-order valence-corrected chi connectivity index (χ2v) is 7.53. The molecule has 1 aromatic carbocycles. The van der Waals surface area contributed by atoms with Gasteiger partial charge in [0, 0.05) is 24.0 Å². The molecule has 7 heteroatoms. The lowest BCUT2D eigenvalue weighted by Gasteiger charge is -2.18. The van der Waals surface area contributed by atoms with Gasteiger partial charge in [0.25, 0.3) is 5.91 Å². The van der Waals surface area contributed by atoms with Crippen LogP contribution in [0.3, 0.4) is 0 Å². The van der Waals surface area contributed by atoms with Crippen LogP contribution in [0.4, 0.5) is 4.39 Å². The molecule has 5 nitrogen and oxygen atoms in total. The van der Waals surface area contributed by atoms with Gasteiger partial charge in [-0.2, -0.15) is 5.26 Å². The van der Waals surface area contributed by atoms with Gasteiger partial charge in [0.05, 0.1) is 27.4 Å². The molecule has 1 saturated carbocycles. The van der Waals surface area contributed by atoms with Crippen LogP contribution in [0.1, 0.15) is 39.3 Å². The van der Waals surface area contributed by atoms with Crippen molar-refractivity contribution >= 4 is 17.5 Å². The number of aromatic nitrogens is 2. The average molecular weight is 407 g/mol. The van der Waals surface area contributed by atoms with Crippen LogP contribution in [-0.2, 0) is 5.41 Å². The van der Waals surface area contributed by atoms with Gasteiger partial charge in [-0.1, -0.05) is 17.7 Å². The maximum atomic E-state index is 13.9. The molecule has 1 amide bonds. The van der Waals surface area contributed by atoms with Crippen molar-refractivity contribution in [1.82, 2.24) is 15.3 Å². The molecule has 144 valence electrons. The number of nitrogens with zero attached hydrogens (tertiary/aromatic N) is 3. The zero-order valence-corrected chi connectivity index (χ0v) is 16.2. The summed E-state index contributed by atoms with van der Waals surface area (Å²) in [6, 6.07) is 12.8. The van der Waals surface area contributed by atoms with Gasteiger partial charge in [-0.25, -0.2) is 4.39 Å². The van der Waals surface area contributed by atoms with Crippen LogP contribution >= 0.6 is 11.6 Å². The molecule has 1 aliphatic rings. The number of hydrogen-bond acceptors (Lipinski definition) is 4. The minimum Gasteiger partial charge on any atom is -0.348 e. The van der Waals surface area contributed by atoms with E-state index in [1.807, 2.05) is 25.1 Å². The van der Waals surface area contributed by atoms with Crippen molar-refractivity contribution in [3.05, 3.63) is 93.8 Å². The first kappa shape index (κ1) is 19.0. The Morgan fingerprint density at radius 1 is 1.21 bits per heavy atom. The second-order valence-electron chi connectivity index (χ2n) is 7.09. The highest BCUT2D eigenvalue weighted by Gasteiger charge is 2.59. The summed E-state index contributed by atoms with van der Waals surface area (Å²) >= 11 is 5.98. The number of benzene rings is 1. The second kappa shape index (κ2) is 7.26. The van der Waals surface area contributed by atoms with E-state index < -0.39 is 17.1 Å². The van der Waals surface area contributed by atoms with Gasteiger partial charge in [0.2, 0.25) is 0 Å². The molecule has 4 rings (SSSR count).